The third kappa shape index (κ3) is 1.88. The zero-order valence-electron chi connectivity index (χ0n) is 8.31. The van der Waals surface area contributed by atoms with Crippen LogP contribution in [0.3, 0.4) is 0 Å². The molecule has 0 aromatic rings. The molecule has 0 radical (unpaired) electrons. The first kappa shape index (κ1) is 9.76. The molecule has 0 unspecified atom stereocenters. The summed E-state index contributed by atoms with van der Waals surface area (Å²) in [7, 11) is 0. The molecule has 0 saturated heterocycles. The molecule has 0 aromatic heterocycles. The van der Waals surface area contributed by atoms with Crippen LogP contribution < -0.4 is 0 Å². The summed E-state index contributed by atoms with van der Waals surface area (Å²) in [6.45, 7) is 4.39. The molecule has 1 rings (SSSR count). The molecule has 1 nitrogen and oxygen atoms in total. The van der Waals surface area contributed by atoms with E-state index in [2.05, 4.69) is 13.8 Å². The van der Waals surface area contributed by atoms with Crippen molar-refractivity contribution in [2.75, 3.05) is 0 Å². The predicted octanol–water partition coefficient (Wildman–Crippen LogP) is 3.18. The van der Waals surface area contributed by atoms with E-state index in [0.717, 1.165) is 25.2 Å². The highest BCUT2D eigenvalue weighted by atomic mass is 16.1. The van der Waals surface area contributed by atoms with Crippen LogP contribution in [-0.4, -0.2) is 6.29 Å². The molecule has 0 amide bonds. The molecule has 0 atom stereocenters. The summed E-state index contributed by atoms with van der Waals surface area (Å²) < 4.78 is 0. The van der Waals surface area contributed by atoms with Gasteiger partial charge in [0.15, 0.2) is 0 Å². The van der Waals surface area contributed by atoms with E-state index in [0.29, 0.717) is 0 Å². The van der Waals surface area contributed by atoms with E-state index in [1.54, 1.807) is 0 Å². The standard InChI is InChI=1S/C11H20O/c1-3-10-5-7-11(4-2,9-12)8-6-10/h9-10H,3-8H2,1-2H3. The summed E-state index contributed by atoms with van der Waals surface area (Å²) in [6, 6.07) is 0. The second kappa shape index (κ2) is 4.06. The minimum atomic E-state index is 0.0612. The first-order valence-electron chi connectivity index (χ1n) is 5.22. The Kier molecular flexibility index (Phi) is 3.30. The van der Waals surface area contributed by atoms with Gasteiger partial charge in [-0.2, -0.15) is 0 Å². The van der Waals surface area contributed by atoms with Crippen molar-refractivity contribution in [3.8, 4) is 0 Å². The number of hydrogen-bond acceptors (Lipinski definition) is 1. The summed E-state index contributed by atoms with van der Waals surface area (Å²) in [5, 5.41) is 0. The van der Waals surface area contributed by atoms with Gasteiger partial charge in [0.05, 0.1) is 0 Å². The van der Waals surface area contributed by atoms with Crippen LogP contribution in [0.15, 0.2) is 0 Å². The van der Waals surface area contributed by atoms with E-state index in [4.69, 9.17) is 0 Å². The minimum Gasteiger partial charge on any atom is -0.303 e. The largest absolute Gasteiger partial charge is 0.303 e. The van der Waals surface area contributed by atoms with Gasteiger partial charge in [0.25, 0.3) is 0 Å². The van der Waals surface area contributed by atoms with Gasteiger partial charge >= 0.3 is 0 Å². The van der Waals surface area contributed by atoms with Gasteiger partial charge in [0.1, 0.15) is 6.29 Å². The van der Waals surface area contributed by atoms with Gasteiger partial charge in [0, 0.05) is 5.41 Å². The smallest absolute Gasteiger partial charge is 0.126 e. The molecule has 0 aliphatic heterocycles. The lowest BCUT2D eigenvalue weighted by Gasteiger charge is -2.34. The topological polar surface area (TPSA) is 17.1 Å². The molecule has 0 bridgehead atoms. The molecule has 0 aromatic carbocycles. The van der Waals surface area contributed by atoms with Gasteiger partial charge in [-0.25, -0.2) is 0 Å². The molecule has 0 heterocycles. The SMILES string of the molecule is CCC1CCC(C=O)(CC)CC1. The van der Waals surface area contributed by atoms with Crippen molar-refractivity contribution in [1.29, 1.82) is 0 Å². The van der Waals surface area contributed by atoms with Crippen LogP contribution in [0.2, 0.25) is 0 Å². The highest BCUT2D eigenvalue weighted by Crippen LogP contribution is 2.40. The normalized spacial score (nSPS) is 36.3. The fraction of sp³-hybridized carbons (Fsp3) is 0.909. The maximum atomic E-state index is 10.9. The van der Waals surface area contributed by atoms with E-state index in [1.165, 1.54) is 25.5 Å². The molecule has 1 aliphatic rings. The van der Waals surface area contributed by atoms with Crippen LogP contribution in [0.1, 0.15) is 52.4 Å². The number of aldehydes is 1. The molecule has 12 heavy (non-hydrogen) atoms. The quantitative estimate of drug-likeness (QED) is 0.591. The monoisotopic (exact) mass is 168 g/mol. The predicted molar refractivity (Wildman–Crippen MR) is 51.0 cm³/mol. The second-order valence-corrected chi connectivity index (χ2v) is 4.19. The zero-order chi connectivity index (χ0) is 9.03. The van der Waals surface area contributed by atoms with Gasteiger partial charge in [-0.05, 0) is 38.0 Å². The van der Waals surface area contributed by atoms with E-state index < -0.39 is 0 Å². The van der Waals surface area contributed by atoms with Crippen LogP contribution in [-0.2, 0) is 4.79 Å². The maximum absolute atomic E-state index is 10.9. The van der Waals surface area contributed by atoms with Crippen molar-refractivity contribution >= 4 is 6.29 Å². The number of rotatable bonds is 3. The van der Waals surface area contributed by atoms with E-state index in [9.17, 15) is 4.79 Å². The Balaban J connectivity index is 2.47. The zero-order valence-corrected chi connectivity index (χ0v) is 8.31. The van der Waals surface area contributed by atoms with E-state index in [-0.39, 0.29) is 5.41 Å². The lowest BCUT2D eigenvalue weighted by atomic mass is 9.69. The molecular weight excluding hydrogens is 148 g/mol. The first-order valence-corrected chi connectivity index (χ1v) is 5.22. The summed E-state index contributed by atoms with van der Waals surface area (Å²) >= 11 is 0. The summed E-state index contributed by atoms with van der Waals surface area (Å²) in [6.07, 6.45) is 8.33. The molecule has 70 valence electrons. The van der Waals surface area contributed by atoms with Crippen molar-refractivity contribution in [3.63, 3.8) is 0 Å². The van der Waals surface area contributed by atoms with Gasteiger partial charge in [-0.15, -0.1) is 0 Å². The molecule has 1 saturated carbocycles. The van der Waals surface area contributed by atoms with Crippen LogP contribution >= 0.6 is 0 Å². The molecule has 0 spiro atoms. The average Bonchev–Trinajstić information content (AvgIpc) is 2.18. The second-order valence-electron chi connectivity index (χ2n) is 4.19. The van der Waals surface area contributed by atoms with Gasteiger partial charge in [-0.3, -0.25) is 0 Å². The lowest BCUT2D eigenvalue weighted by molar-refractivity contribution is -0.118. The van der Waals surface area contributed by atoms with Crippen molar-refractivity contribution in [2.24, 2.45) is 11.3 Å². The van der Waals surface area contributed by atoms with Crippen molar-refractivity contribution in [2.45, 2.75) is 52.4 Å². The van der Waals surface area contributed by atoms with Crippen LogP contribution in [0, 0.1) is 11.3 Å². The number of carbonyl (C=O) groups excluding carboxylic acids is 1. The van der Waals surface area contributed by atoms with Crippen molar-refractivity contribution in [3.05, 3.63) is 0 Å². The lowest BCUT2D eigenvalue weighted by Crippen LogP contribution is -2.28. The third-order valence-corrected chi connectivity index (χ3v) is 3.63. The Morgan fingerprint density at radius 3 is 2.25 bits per heavy atom. The Labute approximate surface area is 75.5 Å². The highest BCUT2D eigenvalue weighted by molar-refractivity contribution is 5.59. The third-order valence-electron chi connectivity index (χ3n) is 3.63. The fourth-order valence-electron chi connectivity index (χ4n) is 2.22. The van der Waals surface area contributed by atoms with Crippen molar-refractivity contribution in [1.82, 2.24) is 0 Å². The Hall–Kier alpha value is -0.330. The van der Waals surface area contributed by atoms with Gasteiger partial charge in [0.2, 0.25) is 0 Å². The van der Waals surface area contributed by atoms with Gasteiger partial charge < -0.3 is 4.79 Å². The highest BCUT2D eigenvalue weighted by Gasteiger charge is 2.32. The van der Waals surface area contributed by atoms with E-state index >= 15 is 0 Å². The Morgan fingerprint density at radius 1 is 1.33 bits per heavy atom. The average molecular weight is 168 g/mol. The summed E-state index contributed by atoms with van der Waals surface area (Å²) in [4.78, 5) is 10.9. The summed E-state index contributed by atoms with van der Waals surface area (Å²) in [5.41, 5.74) is 0.0612. The Morgan fingerprint density at radius 2 is 1.92 bits per heavy atom. The number of hydrogen-bond donors (Lipinski definition) is 0. The summed E-state index contributed by atoms with van der Waals surface area (Å²) in [5.74, 6) is 0.893. The molecular formula is C11H20O. The Bertz CT molecular complexity index is 143. The van der Waals surface area contributed by atoms with Gasteiger partial charge in [-0.1, -0.05) is 20.3 Å². The number of carbonyl (C=O) groups is 1. The van der Waals surface area contributed by atoms with Crippen molar-refractivity contribution < 1.29 is 4.79 Å². The maximum Gasteiger partial charge on any atom is 0.126 e. The fourth-order valence-corrected chi connectivity index (χ4v) is 2.22. The first-order chi connectivity index (χ1) is 5.76. The molecule has 1 fully saturated rings. The minimum absolute atomic E-state index is 0.0612. The van der Waals surface area contributed by atoms with E-state index in [1.807, 2.05) is 0 Å². The van der Waals surface area contributed by atoms with Crippen LogP contribution in [0.25, 0.3) is 0 Å². The van der Waals surface area contributed by atoms with Crippen LogP contribution in [0.5, 0.6) is 0 Å². The molecule has 1 aliphatic carbocycles. The molecule has 1 heteroatoms. The molecule has 0 N–H and O–H groups in total. The van der Waals surface area contributed by atoms with Crippen LogP contribution in [0.4, 0.5) is 0 Å².